The predicted octanol–water partition coefficient (Wildman–Crippen LogP) is -7.31. The van der Waals surface area contributed by atoms with Crippen molar-refractivity contribution in [1.29, 1.82) is 0 Å². The molecule has 2 aliphatic rings. The minimum Gasteiger partial charge on any atom is -0.388 e. The van der Waals surface area contributed by atoms with E-state index in [-0.39, 0.29) is 23.7 Å². The van der Waals surface area contributed by atoms with Crippen LogP contribution in [-0.2, 0) is 46.3 Å². The molecule has 2 aromatic heterocycles. The smallest absolute Gasteiger partial charge is 0.388 e. The zero-order chi connectivity index (χ0) is 37.8. The van der Waals surface area contributed by atoms with Crippen LogP contribution in [0.4, 0.5) is 5.95 Å². The van der Waals surface area contributed by atoms with Gasteiger partial charge in [0, 0.05) is 6.54 Å². The van der Waals surface area contributed by atoms with Crippen molar-refractivity contribution >= 4 is 50.5 Å². The second-order valence-corrected chi connectivity index (χ2v) is 13.8. The number of carbonyl (C=O) groups excluding carboxylic acids is 3. The number of phosphoric ester groups is 2. The Balaban J connectivity index is 1.30. The number of amides is 3. The van der Waals surface area contributed by atoms with Crippen molar-refractivity contribution in [3.8, 4) is 0 Å². The third-order valence-corrected chi connectivity index (χ3v) is 9.75. The Morgan fingerprint density at radius 1 is 0.902 bits per heavy atom. The molecule has 0 aliphatic carbocycles. The van der Waals surface area contributed by atoms with Crippen LogP contribution in [0.2, 0.25) is 0 Å². The number of nitrogens with zero attached hydrogens (tertiary/aromatic N) is 3. The SMILES string of the molecule is NCC(=O)NCC(=O)NCC(=O)NCC1O[C@H](OP(=O)(O)OP(=O)(O)OC[C@H]2O[C@@H](n3cnc4c(=O)[nH]c(N)nc43)C(O)C2O)C(O)C(O)[C@@H]1O. The number of aliphatic hydroxyl groups is 5. The summed E-state index contributed by atoms with van der Waals surface area (Å²) in [5.41, 5.74) is 9.57. The Morgan fingerprint density at radius 3 is 2.20 bits per heavy atom. The molecule has 0 radical (unpaired) electrons. The quantitative estimate of drug-likeness (QED) is 0.0747. The highest BCUT2D eigenvalue weighted by Gasteiger charge is 2.50. The van der Waals surface area contributed by atoms with Gasteiger partial charge in [-0.05, 0) is 0 Å². The van der Waals surface area contributed by atoms with E-state index >= 15 is 0 Å². The van der Waals surface area contributed by atoms with Crippen LogP contribution in [0.5, 0.6) is 0 Å². The Morgan fingerprint density at radius 2 is 1.53 bits per heavy atom. The van der Waals surface area contributed by atoms with Gasteiger partial charge < -0.3 is 72.2 Å². The summed E-state index contributed by atoms with van der Waals surface area (Å²) < 4.78 is 50.3. The number of nitrogens with two attached hydrogens (primary N) is 2. The van der Waals surface area contributed by atoms with Gasteiger partial charge in [-0.3, -0.25) is 37.8 Å². The average Bonchev–Trinajstić information content (AvgIpc) is 3.60. The monoisotopic (exact) mass is 775 g/mol. The van der Waals surface area contributed by atoms with Crippen molar-refractivity contribution in [2.75, 3.05) is 38.5 Å². The average molecular weight is 776 g/mol. The summed E-state index contributed by atoms with van der Waals surface area (Å²) in [6.07, 6.45) is -15.8. The molecule has 0 spiro atoms. The maximum absolute atomic E-state index is 12.6. The van der Waals surface area contributed by atoms with Crippen molar-refractivity contribution in [3.05, 3.63) is 16.7 Å². The molecule has 15 N–H and O–H groups in total. The summed E-state index contributed by atoms with van der Waals surface area (Å²) in [6.45, 7) is -3.15. The maximum atomic E-state index is 12.6. The summed E-state index contributed by atoms with van der Waals surface area (Å²) in [5.74, 6) is -2.54. The lowest BCUT2D eigenvalue weighted by molar-refractivity contribution is -0.273. The van der Waals surface area contributed by atoms with Crippen molar-refractivity contribution in [1.82, 2.24) is 35.5 Å². The molecule has 2 saturated heterocycles. The van der Waals surface area contributed by atoms with E-state index in [1.54, 1.807) is 0 Å². The molecule has 2 fully saturated rings. The number of nitrogens with one attached hydrogen (secondary N) is 4. The van der Waals surface area contributed by atoms with E-state index in [9.17, 15) is 63.6 Å². The highest BCUT2D eigenvalue weighted by Crippen LogP contribution is 2.61. The van der Waals surface area contributed by atoms with Crippen LogP contribution in [0.1, 0.15) is 6.23 Å². The summed E-state index contributed by atoms with van der Waals surface area (Å²) in [6, 6.07) is 0. The first-order chi connectivity index (χ1) is 23.8. The van der Waals surface area contributed by atoms with Gasteiger partial charge in [0.2, 0.25) is 23.7 Å². The van der Waals surface area contributed by atoms with Gasteiger partial charge in [-0.15, -0.1) is 0 Å². The molecule has 27 nitrogen and oxygen atoms in total. The van der Waals surface area contributed by atoms with Gasteiger partial charge in [0.15, 0.2) is 23.7 Å². The fourth-order valence-electron chi connectivity index (χ4n) is 4.64. The van der Waals surface area contributed by atoms with E-state index in [0.29, 0.717) is 0 Å². The number of aromatic amines is 1. The maximum Gasteiger partial charge on any atom is 0.483 e. The van der Waals surface area contributed by atoms with Crippen LogP contribution >= 0.6 is 15.6 Å². The molecular formula is C22H35N9O18P2. The lowest BCUT2D eigenvalue weighted by atomic mass is 9.99. The lowest BCUT2D eigenvalue weighted by Crippen LogP contribution is -2.60. The number of aliphatic hydroxyl groups excluding tert-OH is 5. The Bertz CT molecular complexity index is 1740. The van der Waals surface area contributed by atoms with Crippen LogP contribution in [-0.4, -0.2) is 154 Å². The standard InChI is InChI=1S/C22H35N9O18P2/c23-1-9(32)26-3-11(34)27-4-10(33)25-2-7-13(35)15(37)17(39)21(47-7)48-51(43,44)49-50(41,42)45-5-8-14(36)16(38)20(46-8)31-6-28-12-18(31)29-22(24)30-19(12)40/h6-8,13-17,20-21,35-39H,1-5,23H2,(H,25,33)(H,26,32)(H,27,34)(H,41,42)(H,43,44)(H3,24,29,30,40)/t7?,8-,13-,14?,15?,16?,17?,20-,21-/m1/s1. The molecule has 11 atom stereocenters. The summed E-state index contributed by atoms with van der Waals surface area (Å²) in [4.78, 5) is 77.1. The van der Waals surface area contributed by atoms with Crippen LogP contribution in [0, 0.1) is 0 Å². The first-order valence-corrected chi connectivity index (χ1v) is 17.4. The highest BCUT2D eigenvalue weighted by molar-refractivity contribution is 7.61. The zero-order valence-corrected chi connectivity index (χ0v) is 27.6. The van der Waals surface area contributed by atoms with E-state index in [0.717, 1.165) is 10.9 Å². The summed E-state index contributed by atoms with van der Waals surface area (Å²) >= 11 is 0. The van der Waals surface area contributed by atoms with Gasteiger partial charge in [0.1, 0.15) is 42.7 Å². The van der Waals surface area contributed by atoms with Crippen molar-refractivity contribution < 1.29 is 81.7 Å². The number of nitrogen functional groups attached to an aromatic ring is 1. The van der Waals surface area contributed by atoms with Gasteiger partial charge in [-0.25, -0.2) is 14.1 Å². The fraction of sp³-hybridized carbons (Fsp3) is 0.636. The van der Waals surface area contributed by atoms with Crippen molar-refractivity contribution in [3.63, 3.8) is 0 Å². The van der Waals surface area contributed by atoms with E-state index in [4.69, 9.17) is 20.9 Å². The molecule has 3 amide bonds. The third kappa shape index (κ3) is 10.1. The molecule has 4 heterocycles. The number of rotatable bonds is 15. The zero-order valence-electron chi connectivity index (χ0n) is 25.8. The second kappa shape index (κ2) is 16.4. The van der Waals surface area contributed by atoms with Gasteiger partial charge >= 0.3 is 15.6 Å². The van der Waals surface area contributed by atoms with Gasteiger partial charge in [0.05, 0.1) is 32.6 Å². The number of carbonyl (C=O) groups is 3. The van der Waals surface area contributed by atoms with Crippen molar-refractivity contribution in [2.24, 2.45) is 5.73 Å². The number of H-pyrrole nitrogens is 1. The van der Waals surface area contributed by atoms with Crippen LogP contribution < -0.4 is 33.0 Å². The molecule has 0 bridgehead atoms. The van der Waals surface area contributed by atoms with E-state index in [2.05, 4.69) is 44.3 Å². The second-order valence-electron chi connectivity index (χ2n) is 10.8. The summed E-state index contributed by atoms with van der Waals surface area (Å²) in [5, 5.41) is 58.2. The molecule has 0 saturated carbocycles. The third-order valence-electron chi connectivity index (χ3n) is 7.15. The van der Waals surface area contributed by atoms with Gasteiger partial charge in [-0.1, -0.05) is 0 Å². The molecule has 2 aliphatic heterocycles. The first kappa shape index (κ1) is 40.3. The number of anilines is 1. The molecule has 4 rings (SSSR count). The number of hydrogen-bond donors (Lipinski definition) is 13. The van der Waals surface area contributed by atoms with Gasteiger partial charge in [-0.2, -0.15) is 9.29 Å². The molecule has 29 heteroatoms. The van der Waals surface area contributed by atoms with E-state index < -0.39 is 120 Å². The Labute approximate surface area is 284 Å². The normalized spacial score (nSPS) is 30.3. The Hall–Kier alpha value is -3.50. The van der Waals surface area contributed by atoms with Crippen LogP contribution in [0.25, 0.3) is 11.2 Å². The Kier molecular flexibility index (Phi) is 13.0. The molecule has 51 heavy (non-hydrogen) atoms. The van der Waals surface area contributed by atoms with E-state index in [1.807, 2.05) is 0 Å². The number of imidazole rings is 1. The van der Waals surface area contributed by atoms with Crippen LogP contribution in [0.3, 0.4) is 0 Å². The molecular weight excluding hydrogens is 740 g/mol. The van der Waals surface area contributed by atoms with Crippen molar-refractivity contribution in [2.45, 2.75) is 55.2 Å². The number of hydrogen-bond acceptors (Lipinski definition) is 20. The topological polar surface area (TPSA) is 425 Å². The number of fused-ring (bicyclic) bond motifs is 1. The minimum absolute atomic E-state index is 0.145. The first-order valence-electron chi connectivity index (χ1n) is 14.5. The largest absolute Gasteiger partial charge is 0.483 e. The van der Waals surface area contributed by atoms with Gasteiger partial charge in [0.25, 0.3) is 5.56 Å². The summed E-state index contributed by atoms with van der Waals surface area (Å²) in [7, 11) is -11.4. The number of ether oxygens (including phenoxy) is 2. The molecule has 0 aromatic carbocycles. The van der Waals surface area contributed by atoms with E-state index in [1.165, 1.54) is 0 Å². The van der Waals surface area contributed by atoms with Crippen LogP contribution in [0.15, 0.2) is 11.1 Å². The minimum atomic E-state index is -5.75. The fourth-order valence-corrected chi connectivity index (χ4v) is 6.80. The molecule has 7 unspecified atom stereocenters. The predicted molar refractivity (Wildman–Crippen MR) is 161 cm³/mol. The molecule has 286 valence electrons. The number of aromatic nitrogens is 4. The molecule has 2 aromatic rings. The lowest BCUT2D eigenvalue weighted by Gasteiger charge is -2.40. The highest BCUT2D eigenvalue weighted by atomic mass is 31.3. The number of phosphoric acid groups is 2.